The molecule has 1 fully saturated rings. The third-order valence-electron chi connectivity index (χ3n) is 4.75. The van der Waals surface area contributed by atoms with Crippen molar-refractivity contribution in [3.8, 4) is 0 Å². The maximum atomic E-state index is 14.1. The summed E-state index contributed by atoms with van der Waals surface area (Å²) in [6, 6.07) is 8.81. The van der Waals surface area contributed by atoms with Crippen molar-refractivity contribution in [2.45, 2.75) is 6.42 Å². The minimum Gasteiger partial charge on any atom is -0.379 e. The largest absolute Gasteiger partial charge is 0.379 e. The number of carbonyl (C=O) groups is 1. The summed E-state index contributed by atoms with van der Waals surface area (Å²) in [6.07, 6.45) is 4.20. The SMILES string of the molecule is O=C(C=Cc1cccs1)N(CCCN1CCOCC1)c1nc2c(F)cccc2s1. The Morgan fingerprint density at radius 1 is 1.28 bits per heavy atom. The van der Waals surface area contributed by atoms with Crippen molar-refractivity contribution in [1.82, 2.24) is 9.88 Å². The van der Waals surface area contributed by atoms with Gasteiger partial charge in [0.2, 0.25) is 0 Å². The molecule has 1 saturated heterocycles. The highest BCUT2D eigenvalue weighted by Gasteiger charge is 2.20. The topological polar surface area (TPSA) is 45.7 Å². The summed E-state index contributed by atoms with van der Waals surface area (Å²) in [5.41, 5.74) is 0.320. The van der Waals surface area contributed by atoms with Crippen LogP contribution in [-0.2, 0) is 9.53 Å². The number of fused-ring (bicyclic) bond motifs is 1. The average molecular weight is 432 g/mol. The molecular weight excluding hydrogens is 409 g/mol. The number of thiophene rings is 1. The van der Waals surface area contributed by atoms with Crippen molar-refractivity contribution in [2.75, 3.05) is 44.3 Å². The summed E-state index contributed by atoms with van der Waals surface area (Å²) in [5.74, 6) is -0.500. The molecule has 4 rings (SSSR count). The van der Waals surface area contributed by atoms with Gasteiger partial charge in [-0.1, -0.05) is 23.5 Å². The summed E-state index contributed by atoms with van der Waals surface area (Å²) < 4.78 is 20.2. The molecule has 0 N–H and O–H groups in total. The van der Waals surface area contributed by atoms with Crippen molar-refractivity contribution in [3.63, 3.8) is 0 Å². The minimum absolute atomic E-state index is 0.139. The molecule has 1 amide bonds. The Morgan fingerprint density at radius 3 is 2.90 bits per heavy atom. The van der Waals surface area contributed by atoms with Gasteiger partial charge >= 0.3 is 0 Å². The van der Waals surface area contributed by atoms with Crippen molar-refractivity contribution >= 4 is 50.0 Å². The second-order valence-electron chi connectivity index (χ2n) is 6.73. The number of halogens is 1. The summed E-state index contributed by atoms with van der Waals surface area (Å²) in [6.45, 7) is 4.76. The Morgan fingerprint density at radius 2 is 2.14 bits per heavy atom. The van der Waals surface area contributed by atoms with Crippen LogP contribution in [0.3, 0.4) is 0 Å². The van der Waals surface area contributed by atoms with Gasteiger partial charge in [0.15, 0.2) is 5.13 Å². The van der Waals surface area contributed by atoms with Crippen molar-refractivity contribution < 1.29 is 13.9 Å². The Bertz CT molecular complexity index is 981. The zero-order valence-electron chi connectivity index (χ0n) is 15.9. The predicted octanol–water partition coefficient (Wildman–Crippen LogP) is 4.27. The van der Waals surface area contributed by atoms with Gasteiger partial charge in [-0.15, -0.1) is 11.3 Å². The molecule has 1 aliphatic heterocycles. The van der Waals surface area contributed by atoms with E-state index in [4.69, 9.17) is 4.74 Å². The van der Waals surface area contributed by atoms with E-state index in [0.29, 0.717) is 17.2 Å². The van der Waals surface area contributed by atoms with E-state index in [1.807, 2.05) is 29.7 Å². The summed E-state index contributed by atoms with van der Waals surface area (Å²) in [4.78, 5) is 22.4. The molecular formula is C21H22FN3O2S2. The average Bonchev–Trinajstić information content (AvgIpc) is 3.41. The lowest BCUT2D eigenvalue weighted by Crippen LogP contribution is -2.39. The molecule has 3 aromatic rings. The number of hydrogen-bond donors (Lipinski definition) is 0. The number of benzene rings is 1. The smallest absolute Gasteiger partial charge is 0.252 e. The van der Waals surface area contributed by atoms with Crippen LogP contribution in [0.1, 0.15) is 11.3 Å². The number of thiazole rings is 1. The van der Waals surface area contributed by atoms with E-state index in [1.54, 1.807) is 28.4 Å². The first-order valence-electron chi connectivity index (χ1n) is 9.59. The number of aromatic nitrogens is 1. The van der Waals surface area contributed by atoms with Crippen molar-refractivity contribution in [3.05, 3.63) is 52.5 Å². The normalized spacial score (nSPS) is 15.3. The molecule has 0 aliphatic carbocycles. The number of para-hydroxylation sites is 1. The zero-order valence-corrected chi connectivity index (χ0v) is 17.6. The Hall–Kier alpha value is -2.13. The third-order valence-corrected chi connectivity index (χ3v) is 6.63. The van der Waals surface area contributed by atoms with E-state index in [1.165, 1.54) is 17.4 Å². The Kier molecular flexibility index (Phi) is 6.66. The predicted molar refractivity (Wildman–Crippen MR) is 117 cm³/mol. The standard InChI is InChI=1S/C21H22FN3O2S2/c22-17-5-1-6-18-20(17)23-21(29-18)25(10-3-9-24-11-13-27-14-12-24)19(26)8-7-16-4-2-15-28-16/h1-2,4-8,15H,3,9-14H2. The molecule has 1 aromatic carbocycles. The molecule has 8 heteroatoms. The van der Waals surface area contributed by atoms with Gasteiger partial charge in [0, 0.05) is 37.1 Å². The molecule has 0 spiro atoms. The number of nitrogens with zero attached hydrogens (tertiary/aromatic N) is 3. The van der Waals surface area contributed by atoms with Gasteiger partial charge in [0.25, 0.3) is 5.91 Å². The van der Waals surface area contributed by atoms with Gasteiger partial charge in [-0.05, 0) is 36.1 Å². The van der Waals surface area contributed by atoms with E-state index in [2.05, 4.69) is 9.88 Å². The highest BCUT2D eigenvalue weighted by Crippen LogP contribution is 2.30. The van der Waals surface area contributed by atoms with Gasteiger partial charge in [-0.3, -0.25) is 14.6 Å². The van der Waals surface area contributed by atoms with E-state index in [9.17, 15) is 9.18 Å². The molecule has 0 saturated carbocycles. The maximum absolute atomic E-state index is 14.1. The number of amides is 1. The summed E-state index contributed by atoms with van der Waals surface area (Å²) in [5, 5.41) is 2.51. The van der Waals surface area contributed by atoms with Crippen molar-refractivity contribution in [1.29, 1.82) is 0 Å². The van der Waals surface area contributed by atoms with Crippen LogP contribution in [0.4, 0.5) is 9.52 Å². The van der Waals surface area contributed by atoms with Crippen LogP contribution in [0.5, 0.6) is 0 Å². The fourth-order valence-corrected chi connectivity index (χ4v) is 4.85. The monoisotopic (exact) mass is 431 g/mol. The molecule has 0 unspecified atom stereocenters. The van der Waals surface area contributed by atoms with Gasteiger partial charge < -0.3 is 4.74 Å². The van der Waals surface area contributed by atoms with Crippen LogP contribution in [0.15, 0.2) is 41.8 Å². The molecule has 29 heavy (non-hydrogen) atoms. The van der Waals surface area contributed by atoms with Gasteiger partial charge in [0.1, 0.15) is 11.3 Å². The quantitative estimate of drug-likeness (QED) is 0.524. The maximum Gasteiger partial charge on any atom is 0.252 e. The molecule has 2 aromatic heterocycles. The third kappa shape index (κ3) is 5.08. The Balaban J connectivity index is 1.51. The number of morpholine rings is 1. The number of anilines is 1. The summed E-state index contributed by atoms with van der Waals surface area (Å²) >= 11 is 2.92. The molecule has 152 valence electrons. The first-order chi connectivity index (χ1) is 14.2. The molecule has 0 bridgehead atoms. The molecule has 5 nitrogen and oxygen atoms in total. The molecule has 1 aliphatic rings. The van der Waals surface area contributed by atoms with Crippen molar-refractivity contribution in [2.24, 2.45) is 0 Å². The number of carbonyl (C=O) groups excluding carboxylic acids is 1. The van der Waals surface area contributed by atoms with Gasteiger partial charge in [0.05, 0.1) is 17.9 Å². The second kappa shape index (κ2) is 9.58. The fourth-order valence-electron chi connectivity index (χ4n) is 3.23. The lowest BCUT2D eigenvalue weighted by atomic mass is 10.3. The summed E-state index contributed by atoms with van der Waals surface area (Å²) in [7, 11) is 0. The molecule has 0 radical (unpaired) electrons. The minimum atomic E-state index is -0.361. The van der Waals surface area contributed by atoms with Crippen LogP contribution in [0.25, 0.3) is 16.3 Å². The molecule has 0 atom stereocenters. The number of hydrogen-bond acceptors (Lipinski definition) is 6. The van der Waals surface area contributed by atoms with Crippen LogP contribution >= 0.6 is 22.7 Å². The van der Waals surface area contributed by atoms with E-state index >= 15 is 0 Å². The second-order valence-corrected chi connectivity index (χ2v) is 8.72. The van der Waals surface area contributed by atoms with Crippen LogP contribution in [0.2, 0.25) is 0 Å². The lowest BCUT2D eigenvalue weighted by molar-refractivity contribution is -0.114. The lowest BCUT2D eigenvalue weighted by Gasteiger charge is -2.27. The van der Waals surface area contributed by atoms with Crippen LogP contribution in [-0.4, -0.2) is 55.2 Å². The van der Waals surface area contributed by atoms with Crippen LogP contribution < -0.4 is 4.90 Å². The first-order valence-corrected chi connectivity index (χ1v) is 11.3. The van der Waals surface area contributed by atoms with E-state index < -0.39 is 0 Å². The first kappa shape index (κ1) is 20.2. The number of ether oxygens (including phenoxy) is 1. The highest BCUT2D eigenvalue weighted by atomic mass is 32.1. The van der Waals surface area contributed by atoms with Crippen LogP contribution in [0, 0.1) is 5.82 Å². The van der Waals surface area contributed by atoms with E-state index in [0.717, 1.165) is 48.8 Å². The fraction of sp³-hybridized carbons (Fsp3) is 0.333. The van der Waals surface area contributed by atoms with E-state index in [-0.39, 0.29) is 11.7 Å². The Labute approximate surface area is 177 Å². The van der Waals surface area contributed by atoms with Gasteiger partial charge in [-0.2, -0.15) is 0 Å². The number of rotatable bonds is 7. The highest BCUT2D eigenvalue weighted by molar-refractivity contribution is 7.22. The van der Waals surface area contributed by atoms with Gasteiger partial charge in [-0.25, -0.2) is 9.37 Å². The zero-order chi connectivity index (χ0) is 20.1. The molecule has 3 heterocycles.